The molecular formula is C16H24N4O. The van der Waals surface area contributed by atoms with Crippen LogP contribution in [-0.4, -0.2) is 21.6 Å². The van der Waals surface area contributed by atoms with E-state index in [4.69, 9.17) is 10.5 Å². The Morgan fingerprint density at radius 2 is 1.95 bits per heavy atom. The van der Waals surface area contributed by atoms with Gasteiger partial charge in [0.05, 0.1) is 12.2 Å². The van der Waals surface area contributed by atoms with Gasteiger partial charge in [0.15, 0.2) is 0 Å². The molecule has 0 aliphatic carbocycles. The summed E-state index contributed by atoms with van der Waals surface area (Å²) in [5.41, 5.74) is 7.83. The standard InChI is InChI=1S/C16H24N4O/c1-4-16(2,3)13-5-7-15(8-6-13)21-10-9-20-12-14(11-17)18-19-20/h5-8,12H,4,9-11,17H2,1-3H3. The summed E-state index contributed by atoms with van der Waals surface area (Å²) in [4.78, 5) is 0. The second-order valence-electron chi connectivity index (χ2n) is 5.79. The van der Waals surface area contributed by atoms with Gasteiger partial charge < -0.3 is 10.5 Å². The van der Waals surface area contributed by atoms with E-state index in [1.807, 2.05) is 18.3 Å². The third-order valence-corrected chi connectivity index (χ3v) is 3.90. The third kappa shape index (κ3) is 4.04. The molecule has 114 valence electrons. The average molecular weight is 288 g/mol. The van der Waals surface area contributed by atoms with Gasteiger partial charge in [0, 0.05) is 12.7 Å². The zero-order chi connectivity index (χ0) is 15.3. The Morgan fingerprint density at radius 1 is 1.24 bits per heavy atom. The molecule has 1 heterocycles. The summed E-state index contributed by atoms with van der Waals surface area (Å²) in [5, 5.41) is 7.92. The minimum absolute atomic E-state index is 0.206. The van der Waals surface area contributed by atoms with Crippen molar-refractivity contribution < 1.29 is 4.74 Å². The first kappa shape index (κ1) is 15.5. The molecule has 0 saturated heterocycles. The van der Waals surface area contributed by atoms with Crippen LogP contribution in [0.4, 0.5) is 0 Å². The second kappa shape index (κ2) is 6.72. The first-order valence-corrected chi connectivity index (χ1v) is 7.37. The van der Waals surface area contributed by atoms with Crippen LogP contribution in [0.25, 0.3) is 0 Å². The first-order valence-electron chi connectivity index (χ1n) is 7.37. The highest BCUT2D eigenvalue weighted by molar-refractivity contribution is 5.31. The zero-order valence-electron chi connectivity index (χ0n) is 13.0. The lowest BCUT2D eigenvalue weighted by Gasteiger charge is -2.23. The van der Waals surface area contributed by atoms with E-state index in [1.165, 1.54) is 5.56 Å². The Balaban J connectivity index is 1.86. The Labute approximate surface area is 126 Å². The van der Waals surface area contributed by atoms with E-state index >= 15 is 0 Å². The molecule has 2 aromatic rings. The van der Waals surface area contributed by atoms with Gasteiger partial charge in [0.1, 0.15) is 12.4 Å². The Morgan fingerprint density at radius 3 is 2.52 bits per heavy atom. The van der Waals surface area contributed by atoms with Gasteiger partial charge in [0.2, 0.25) is 0 Å². The molecule has 0 aliphatic rings. The second-order valence-corrected chi connectivity index (χ2v) is 5.79. The first-order chi connectivity index (χ1) is 10.0. The van der Waals surface area contributed by atoms with Crippen molar-refractivity contribution in [2.75, 3.05) is 6.61 Å². The number of ether oxygens (including phenoxy) is 1. The van der Waals surface area contributed by atoms with Gasteiger partial charge in [-0.3, -0.25) is 0 Å². The van der Waals surface area contributed by atoms with Crippen molar-refractivity contribution >= 4 is 0 Å². The van der Waals surface area contributed by atoms with Gasteiger partial charge in [-0.05, 0) is 29.5 Å². The fourth-order valence-electron chi connectivity index (χ4n) is 2.00. The summed E-state index contributed by atoms with van der Waals surface area (Å²) in [6.07, 6.45) is 2.96. The maximum Gasteiger partial charge on any atom is 0.119 e. The average Bonchev–Trinajstić information content (AvgIpc) is 2.96. The lowest BCUT2D eigenvalue weighted by Crippen LogP contribution is -2.15. The summed E-state index contributed by atoms with van der Waals surface area (Å²) in [6.45, 7) is 8.35. The number of benzene rings is 1. The molecule has 0 saturated carbocycles. The Kier molecular flexibility index (Phi) is 4.96. The maximum atomic E-state index is 5.73. The fourth-order valence-corrected chi connectivity index (χ4v) is 2.00. The van der Waals surface area contributed by atoms with Gasteiger partial charge in [-0.25, -0.2) is 4.68 Å². The highest BCUT2D eigenvalue weighted by Crippen LogP contribution is 2.27. The number of rotatable bonds is 7. The third-order valence-electron chi connectivity index (χ3n) is 3.90. The van der Waals surface area contributed by atoms with Crippen LogP contribution in [0.2, 0.25) is 0 Å². The van der Waals surface area contributed by atoms with Gasteiger partial charge in [-0.2, -0.15) is 0 Å². The summed E-state index contributed by atoms with van der Waals surface area (Å²) < 4.78 is 7.48. The monoisotopic (exact) mass is 288 g/mol. The van der Waals surface area contributed by atoms with Crippen molar-refractivity contribution in [1.29, 1.82) is 0 Å². The van der Waals surface area contributed by atoms with Crippen LogP contribution in [0.3, 0.4) is 0 Å². The quantitative estimate of drug-likeness (QED) is 0.850. The van der Waals surface area contributed by atoms with E-state index in [-0.39, 0.29) is 5.41 Å². The van der Waals surface area contributed by atoms with Crippen molar-refractivity contribution in [1.82, 2.24) is 15.0 Å². The zero-order valence-corrected chi connectivity index (χ0v) is 13.0. The van der Waals surface area contributed by atoms with Gasteiger partial charge >= 0.3 is 0 Å². The van der Waals surface area contributed by atoms with E-state index in [0.29, 0.717) is 19.7 Å². The van der Waals surface area contributed by atoms with E-state index in [9.17, 15) is 0 Å². The van der Waals surface area contributed by atoms with E-state index in [1.54, 1.807) is 4.68 Å². The van der Waals surface area contributed by atoms with E-state index in [2.05, 4.69) is 43.2 Å². The predicted molar refractivity (Wildman–Crippen MR) is 83.2 cm³/mol. The summed E-state index contributed by atoms with van der Waals surface area (Å²) in [7, 11) is 0. The van der Waals surface area contributed by atoms with Crippen LogP contribution < -0.4 is 10.5 Å². The highest BCUT2D eigenvalue weighted by atomic mass is 16.5. The van der Waals surface area contributed by atoms with E-state index in [0.717, 1.165) is 17.9 Å². The minimum atomic E-state index is 0.206. The molecule has 1 aromatic carbocycles. The van der Waals surface area contributed by atoms with E-state index < -0.39 is 0 Å². The van der Waals surface area contributed by atoms with Crippen molar-refractivity contribution in [3.8, 4) is 5.75 Å². The number of hydrogen-bond acceptors (Lipinski definition) is 4. The fraction of sp³-hybridized carbons (Fsp3) is 0.500. The van der Waals surface area contributed by atoms with Crippen LogP contribution in [0.15, 0.2) is 30.5 Å². The van der Waals surface area contributed by atoms with Crippen molar-refractivity contribution in [2.45, 2.75) is 45.7 Å². The van der Waals surface area contributed by atoms with Crippen LogP contribution in [-0.2, 0) is 18.5 Å². The van der Waals surface area contributed by atoms with Gasteiger partial charge in [0.25, 0.3) is 0 Å². The van der Waals surface area contributed by atoms with Gasteiger partial charge in [-0.1, -0.05) is 38.1 Å². The molecule has 0 atom stereocenters. The molecule has 0 fully saturated rings. The molecule has 2 rings (SSSR count). The predicted octanol–water partition coefficient (Wildman–Crippen LogP) is 2.50. The molecule has 1 aromatic heterocycles. The molecule has 0 spiro atoms. The van der Waals surface area contributed by atoms with Crippen LogP contribution in [0, 0.1) is 0 Å². The molecule has 21 heavy (non-hydrogen) atoms. The SMILES string of the molecule is CCC(C)(C)c1ccc(OCCn2cc(CN)nn2)cc1. The molecule has 5 heteroatoms. The maximum absolute atomic E-state index is 5.73. The van der Waals surface area contributed by atoms with Crippen molar-refractivity contribution in [3.63, 3.8) is 0 Å². The summed E-state index contributed by atoms with van der Waals surface area (Å²) in [6, 6.07) is 8.33. The number of nitrogens with two attached hydrogens (primary N) is 1. The summed E-state index contributed by atoms with van der Waals surface area (Å²) in [5.74, 6) is 0.879. The minimum Gasteiger partial charge on any atom is -0.492 e. The van der Waals surface area contributed by atoms with Crippen LogP contribution >= 0.6 is 0 Å². The normalized spacial score (nSPS) is 11.6. The molecule has 5 nitrogen and oxygen atoms in total. The van der Waals surface area contributed by atoms with Gasteiger partial charge in [-0.15, -0.1) is 5.10 Å². The smallest absolute Gasteiger partial charge is 0.119 e. The van der Waals surface area contributed by atoms with Crippen LogP contribution in [0.1, 0.15) is 38.4 Å². The topological polar surface area (TPSA) is 66.0 Å². The molecular weight excluding hydrogens is 264 g/mol. The summed E-state index contributed by atoms with van der Waals surface area (Å²) >= 11 is 0. The Hall–Kier alpha value is -1.88. The molecule has 0 amide bonds. The molecule has 2 N–H and O–H groups in total. The largest absolute Gasteiger partial charge is 0.492 e. The van der Waals surface area contributed by atoms with Crippen molar-refractivity contribution in [2.24, 2.45) is 5.73 Å². The molecule has 0 radical (unpaired) electrons. The number of nitrogens with zero attached hydrogens (tertiary/aromatic N) is 3. The lowest BCUT2D eigenvalue weighted by atomic mass is 9.82. The van der Waals surface area contributed by atoms with Crippen LogP contribution in [0.5, 0.6) is 5.75 Å². The molecule has 0 aliphatic heterocycles. The molecule has 0 unspecified atom stereocenters. The number of aromatic nitrogens is 3. The number of hydrogen-bond donors (Lipinski definition) is 1. The lowest BCUT2D eigenvalue weighted by molar-refractivity contribution is 0.289. The highest BCUT2D eigenvalue weighted by Gasteiger charge is 2.17. The van der Waals surface area contributed by atoms with Crippen molar-refractivity contribution in [3.05, 3.63) is 41.7 Å². The Bertz CT molecular complexity index is 560. The molecule has 0 bridgehead atoms.